The van der Waals surface area contributed by atoms with Crippen LogP contribution in [0.15, 0.2) is 41.5 Å². The Hall–Kier alpha value is -3.02. The summed E-state index contributed by atoms with van der Waals surface area (Å²) in [4.78, 5) is 27.3. The first-order valence-electron chi connectivity index (χ1n) is 7.62. The Labute approximate surface area is 139 Å². The van der Waals surface area contributed by atoms with Crippen LogP contribution in [0.5, 0.6) is 5.75 Å². The normalized spacial score (nSPS) is 10.8. The van der Waals surface area contributed by atoms with Crippen LogP contribution >= 0.6 is 0 Å². The number of H-pyrrole nitrogens is 1. The molecule has 0 bridgehead atoms. The molecule has 1 amide bonds. The third-order valence-electron chi connectivity index (χ3n) is 3.98. The van der Waals surface area contributed by atoms with E-state index in [1.807, 2.05) is 41.9 Å². The summed E-state index contributed by atoms with van der Waals surface area (Å²) in [5.74, 6) is 0.244. The number of aromatic nitrogens is 2. The fourth-order valence-electron chi connectivity index (χ4n) is 2.73. The number of hydrogen-bond acceptors (Lipinski definition) is 3. The second-order valence-corrected chi connectivity index (χ2v) is 5.72. The minimum absolute atomic E-state index is 0.100. The summed E-state index contributed by atoms with van der Waals surface area (Å²) in [5, 5.41) is 2.80. The fourth-order valence-corrected chi connectivity index (χ4v) is 2.73. The summed E-state index contributed by atoms with van der Waals surface area (Å²) < 4.78 is 7.20. The number of nitrogens with one attached hydrogen (secondary N) is 2. The van der Waals surface area contributed by atoms with Gasteiger partial charge in [-0.15, -0.1) is 0 Å². The monoisotopic (exact) mass is 325 g/mol. The molecule has 0 aliphatic carbocycles. The van der Waals surface area contributed by atoms with Gasteiger partial charge in [-0.2, -0.15) is 0 Å². The van der Waals surface area contributed by atoms with Crippen LogP contribution in [-0.4, -0.2) is 22.4 Å². The predicted molar refractivity (Wildman–Crippen MR) is 91.7 cm³/mol. The molecule has 24 heavy (non-hydrogen) atoms. The summed E-state index contributed by atoms with van der Waals surface area (Å²) in [6, 6.07) is 7.43. The lowest BCUT2D eigenvalue weighted by Crippen LogP contribution is -2.28. The second kappa shape index (κ2) is 6.23. The molecule has 3 heterocycles. The number of pyridine rings is 2. The van der Waals surface area contributed by atoms with Crippen LogP contribution in [0.4, 0.5) is 0 Å². The topological polar surface area (TPSA) is 75.6 Å². The van der Waals surface area contributed by atoms with Crippen LogP contribution < -0.4 is 15.6 Å². The summed E-state index contributed by atoms with van der Waals surface area (Å²) in [5.41, 5.74) is 3.24. The molecule has 0 radical (unpaired) electrons. The van der Waals surface area contributed by atoms with Gasteiger partial charge >= 0.3 is 0 Å². The molecular weight excluding hydrogens is 306 g/mol. The number of aromatic amines is 1. The Balaban J connectivity index is 1.85. The lowest BCUT2D eigenvalue weighted by Gasteiger charge is -2.11. The van der Waals surface area contributed by atoms with Gasteiger partial charge in [0.05, 0.1) is 19.2 Å². The van der Waals surface area contributed by atoms with E-state index >= 15 is 0 Å². The van der Waals surface area contributed by atoms with Crippen LogP contribution in [0.1, 0.15) is 27.2 Å². The molecule has 0 spiro atoms. The van der Waals surface area contributed by atoms with Gasteiger partial charge in [0.15, 0.2) is 0 Å². The molecule has 0 aromatic carbocycles. The number of hydrogen-bond donors (Lipinski definition) is 2. The van der Waals surface area contributed by atoms with E-state index < -0.39 is 0 Å². The second-order valence-electron chi connectivity index (χ2n) is 5.72. The predicted octanol–water partition coefficient (Wildman–Crippen LogP) is 2.18. The van der Waals surface area contributed by atoms with Crippen molar-refractivity contribution in [2.24, 2.45) is 0 Å². The quantitative estimate of drug-likeness (QED) is 0.772. The first-order chi connectivity index (χ1) is 11.5. The summed E-state index contributed by atoms with van der Waals surface area (Å²) in [6.07, 6.45) is 3.84. The highest BCUT2D eigenvalue weighted by Gasteiger charge is 2.14. The number of ether oxygens (including phenoxy) is 1. The van der Waals surface area contributed by atoms with Crippen molar-refractivity contribution in [3.05, 3.63) is 69.4 Å². The Morgan fingerprint density at radius 2 is 2.12 bits per heavy atom. The first kappa shape index (κ1) is 15.9. The molecule has 0 aliphatic rings. The molecule has 0 saturated heterocycles. The molecule has 3 aromatic rings. The zero-order valence-corrected chi connectivity index (χ0v) is 13.8. The van der Waals surface area contributed by atoms with Gasteiger partial charge in [0.25, 0.3) is 11.5 Å². The minimum Gasteiger partial charge on any atom is -0.496 e. The van der Waals surface area contributed by atoms with Crippen molar-refractivity contribution < 1.29 is 9.53 Å². The molecule has 3 rings (SSSR count). The molecule has 0 saturated carbocycles. The van der Waals surface area contributed by atoms with Crippen molar-refractivity contribution in [1.82, 2.24) is 14.7 Å². The molecule has 6 heteroatoms. The van der Waals surface area contributed by atoms with Gasteiger partial charge in [-0.25, -0.2) is 0 Å². The van der Waals surface area contributed by atoms with E-state index in [9.17, 15) is 9.59 Å². The van der Waals surface area contributed by atoms with Crippen LogP contribution in [0.3, 0.4) is 0 Å². The van der Waals surface area contributed by atoms with Gasteiger partial charge in [0.2, 0.25) is 0 Å². The molecule has 0 atom stereocenters. The molecule has 124 valence electrons. The number of carbonyl (C=O) groups excluding carboxylic acids is 1. The van der Waals surface area contributed by atoms with Gasteiger partial charge in [-0.05, 0) is 43.7 Å². The third-order valence-corrected chi connectivity index (χ3v) is 3.98. The van der Waals surface area contributed by atoms with Crippen molar-refractivity contribution in [1.29, 1.82) is 0 Å². The van der Waals surface area contributed by atoms with Gasteiger partial charge in [-0.3, -0.25) is 9.59 Å². The van der Waals surface area contributed by atoms with Crippen molar-refractivity contribution in [3.8, 4) is 5.75 Å². The first-order valence-corrected chi connectivity index (χ1v) is 7.62. The van der Waals surface area contributed by atoms with E-state index in [0.29, 0.717) is 22.6 Å². The molecule has 2 N–H and O–H groups in total. The van der Waals surface area contributed by atoms with E-state index in [4.69, 9.17) is 4.74 Å². The van der Waals surface area contributed by atoms with E-state index in [1.165, 1.54) is 7.11 Å². The van der Waals surface area contributed by atoms with E-state index in [1.54, 1.807) is 13.0 Å². The Bertz CT molecular complexity index is 969. The summed E-state index contributed by atoms with van der Waals surface area (Å²) >= 11 is 0. The fraction of sp³-hybridized carbons (Fsp3) is 0.222. The Kier molecular flexibility index (Phi) is 4.12. The maximum absolute atomic E-state index is 12.5. The van der Waals surface area contributed by atoms with Gasteiger partial charge in [-0.1, -0.05) is 0 Å². The lowest BCUT2D eigenvalue weighted by molar-refractivity contribution is 0.0950. The van der Waals surface area contributed by atoms with Gasteiger partial charge in [0, 0.05) is 29.2 Å². The standard InChI is InChI=1S/C18H19N3O3/c1-11-10-21-6-4-5-13(21)8-14(11)17(22)19-9-15-16(24-3)7-12(2)20-18(15)23/h4-8,10H,9H2,1-3H3,(H,19,22)(H,20,23). The van der Waals surface area contributed by atoms with Crippen LogP contribution in [0.2, 0.25) is 0 Å². The maximum atomic E-state index is 12.5. The summed E-state index contributed by atoms with van der Waals surface area (Å²) in [7, 11) is 1.50. The van der Waals surface area contributed by atoms with Crippen molar-refractivity contribution >= 4 is 11.4 Å². The molecule has 0 fully saturated rings. The smallest absolute Gasteiger partial charge is 0.256 e. The van der Waals surface area contributed by atoms with E-state index in [0.717, 1.165) is 11.1 Å². The number of rotatable bonds is 4. The molecule has 3 aromatic heterocycles. The number of aryl methyl sites for hydroxylation is 2. The lowest BCUT2D eigenvalue weighted by atomic mass is 10.1. The molecule has 0 unspecified atom stereocenters. The SMILES string of the molecule is COc1cc(C)[nH]c(=O)c1CNC(=O)c1cc2cccn2cc1C. The van der Waals surface area contributed by atoms with Gasteiger partial charge < -0.3 is 19.4 Å². The number of fused-ring (bicyclic) bond motifs is 1. The average Bonchev–Trinajstić information content (AvgIpc) is 2.99. The number of nitrogens with zero attached hydrogens (tertiary/aromatic N) is 1. The highest BCUT2D eigenvalue weighted by atomic mass is 16.5. The zero-order chi connectivity index (χ0) is 17.3. The summed E-state index contributed by atoms with van der Waals surface area (Å²) in [6.45, 7) is 3.76. The van der Waals surface area contributed by atoms with Gasteiger partial charge in [0.1, 0.15) is 5.75 Å². The molecule has 6 nitrogen and oxygen atoms in total. The average molecular weight is 325 g/mol. The van der Waals surface area contributed by atoms with Crippen molar-refractivity contribution in [2.75, 3.05) is 7.11 Å². The van der Waals surface area contributed by atoms with Crippen LogP contribution in [0.25, 0.3) is 5.52 Å². The highest BCUT2D eigenvalue weighted by molar-refractivity contribution is 5.96. The number of carbonyl (C=O) groups is 1. The van der Waals surface area contributed by atoms with Crippen molar-refractivity contribution in [3.63, 3.8) is 0 Å². The van der Waals surface area contributed by atoms with E-state index in [-0.39, 0.29) is 18.0 Å². The number of methoxy groups -OCH3 is 1. The molecular formula is C18H19N3O3. The largest absolute Gasteiger partial charge is 0.496 e. The zero-order valence-electron chi connectivity index (χ0n) is 13.8. The molecule has 0 aliphatic heterocycles. The number of amides is 1. The highest BCUT2D eigenvalue weighted by Crippen LogP contribution is 2.16. The Morgan fingerprint density at radius 3 is 2.88 bits per heavy atom. The third kappa shape index (κ3) is 2.90. The van der Waals surface area contributed by atoms with Crippen molar-refractivity contribution in [2.45, 2.75) is 20.4 Å². The maximum Gasteiger partial charge on any atom is 0.256 e. The Morgan fingerprint density at radius 1 is 1.33 bits per heavy atom. The van der Waals surface area contributed by atoms with Crippen LogP contribution in [-0.2, 0) is 6.54 Å². The minimum atomic E-state index is -0.258. The van der Waals surface area contributed by atoms with E-state index in [2.05, 4.69) is 10.3 Å². The van der Waals surface area contributed by atoms with Crippen LogP contribution in [0, 0.1) is 13.8 Å².